The van der Waals surface area contributed by atoms with E-state index in [0.29, 0.717) is 17.9 Å². The van der Waals surface area contributed by atoms with E-state index in [9.17, 15) is 4.79 Å². The Balaban J connectivity index is 1.68. The monoisotopic (exact) mass is 247 g/mol. The summed E-state index contributed by atoms with van der Waals surface area (Å²) in [5.41, 5.74) is 1.47. The van der Waals surface area contributed by atoms with Crippen molar-refractivity contribution in [2.24, 2.45) is 11.8 Å². The van der Waals surface area contributed by atoms with Crippen LogP contribution in [-0.4, -0.2) is 17.4 Å². The van der Waals surface area contributed by atoms with Gasteiger partial charge in [-0.3, -0.25) is 4.79 Å². The number of rotatable bonds is 2. The first-order valence-corrected chi connectivity index (χ1v) is 7.59. The fourth-order valence-electron chi connectivity index (χ4n) is 3.08. The third-order valence-electron chi connectivity index (χ3n) is 4.29. The van der Waals surface area contributed by atoms with Gasteiger partial charge in [-0.1, -0.05) is 0 Å². The average Bonchev–Trinajstić information content (AvgIpc) is 3.23. The molecule has 17 heavy (non-hydrogen) atoms. The lowest BCUT2D eigenvalue weighted by Gasteiger charge is -2.36. The highest BCUT2D eigenvalue weighted by Gasteiger charge is 2.44. The summed E-state index contributed by atoms with van der Waals surface area (Å²) in [5, 5.41) is 2.20. The number of carbonyl (C=O) groups is 1. The lowest BCUT2D eigenvalue weighted by Crippen LogP contribution is -2.41. The van der Waals surface area contributed by atoms with Crippen LogP contribution in [0.5, 0.6) is 0 Å². The van der Waals surface area contributed by atoms with Crippen LogP contribution in [0.15, 0.2) is 11.4 Å². The summed E-state index contributed by atoms with van der Waals surface area (Å²) in [6.45, 7) is 0.962. The molecule has 2 heterocycles. The number of carbonyl (C=O) groups excluding carboxylic acids is 1. The van der Waals surface area contributed by atoms with Crippen LogP contribution in [0, 0.1) is 11.8 Å². The Labute approximate surface area is 106 Å². The molecule has 3 heteroatoms. The van der Waals surface area contributed by atoms with Gasteiger partial charge in [0.05, 0.1) is 6.04 Å². The van der Waals surface area contributed by atoms with E-state index >= 15 is 0 Å². The SMILES string of the molecule is O=C(C1CC1)N1CCc2sccc2C1C1CC1. The Morgan fingerprint density at radius 2 is 2.12 bits per heavy atom. The summed E-state index contributed by atoms with van der Waals surface area (Å²) in [4.78, 5) is 16.1. The van der Waals surface area contributed by atoms with Crippen molar-refractivity contribution in [3.05, 3.63) is 21.9 Å². The first-order valence-electron chi connectivity index (χ1n) is 6.71. The topological polar surface area (TPSA) is 20.3 Å². The smallest absolute Gasteiger partial charge is 0.226 e. The molecule has 1 unspecified atom stereocenters. The van der Waals surface area contributed by atoms with Gasteiger partial charge in [-0.15, -0.1) is 11.3 Å². The fraction of sp³-hybridized carbons (Fsp3) is 0.643. The van der Waals surface area contributed by atoms with Crippen LogP contribution >= 0.6 is 11.3 Å². The van der Waals surface area contributed by atoms with Crippen LogP contribution in [0.1, 0.15) is 42.2 Å². The minimum Gasteiger partial charge on any atom is -0.335 e. The molecule has 1 amide bonds. The summed E-state index contributed by atoms with van der Waals surface area (Å²) in [6.07, 6.45) is 5.96. The first kappa shape index (κ1) is 10.1. The van der Waals surface area contributed by atoms with E-state index in [0.717, 1.165) is 31.7 Å². The Kier molecular flexibility index (Phi) is 2.13. The minimum atomic E-state index is 0.372. The van der Waals surface area contributed by atoms with Crippen LogP contribution in [0.25, 0.3) is 0 Å². The molecule has 0 aromatic carbocycles. The van der Waals surface area contributed by atoms with Crippen molar-refractivity contribution in [3.63, 3.8) is 0 Å². The molecule has 1 atom stereocenters. The third-order valence-corrected chi connectivity index (χ3v) is 5.29. The summed E-state index contributed by atoms with van der Waals surface area (Å²) in [6, 6.07) is 2.69. The molecule has 1 aromatic rings. The molecule has 0 bridgehead atoms. The van der Waals surface area contributed by atoms with Gasteiger partial charge in [0.1, 0.15) is 0 Å². The van der Waals surface area contributed by atoms with Gasteiger partial charge in [0.15, 0.2) is 0 Å². The summed E-state index contributed by atoms with van der Waals surface area (Å²) >= 11 is 1.87. The van der Waals surface area contributed by atoms with Crippen molar-refractivity contribution in [2.45, 2.75) is 38.1 Å². The average molecular weight is 247 g/mol. The van der Waals surface area contributed by atoms with Crippen molar-refractivity contribution in [2.75, 3.05) is 6.54 Å². The van der Waals surface area contributed by atoms with E-state index < -0.39 is 0 Å². The van der Waals surface area contributed by atoms with E-state index in [1.54, 1.807) is 0 Å². The van der Waals surface area contributed by atoms with Gasteiger partial charge in [0.25, 0.3) is 0 Å². The zero-order valence-corrected chi connectivity index (χ0v) is 10.7. The molecule has 0 spiro atoms. The van der Waals surface area contributed by atoms with Gasteiger partial charge in [-0.25, -0.2) is 0 Å². The number of amides is 1. The number of hydrogen-bond acceptors (Lipinski definition) is 2. The molecule has 0 N–H and O–H groups in total. The van der Waals surface area contributed by atoms with Crippen molar-refractivity contribution in [1.82, 2.24) is 4.90 Å². The predicted molar refractivity (Wildman–Crippen MR) is 67.9 cm³/mol. The van der Waals surface area contributed by atoms with Crippen LogP contribution in [-0.2, 0) is 11.2 Å². The summed E-state index contributed by atoms with van der Waals surface area (Å²) in [7, 11) is 0. The zero-order valence-electron chi connectivity index (χ0n) is 9.89. The molecule has 90 valence electrons. The normalized spacial score (nSPS) is 28.0. The van der Waals surface area contributed by atoms with E-state index in [2.05, 4.69) is 16.3 Å². The van der Waals surface area contributed by atoms with E-state index in [1.807, 2.05) is 11.3 Å². The Bertz CT molecular complexity index is 459. The molecule has 1 aliphatic heterocycles. The van der Waals surface area contributed by atoms with Crippen molar-refractivity contribution in [1.29, 1.82) is 0 Å². The minimum absolute atomic E-state index is 0.372. The maximum absolute atomic E-state index is 12.4. The third kappa shape index (κ3) is 1.63. The fourth-order valence-corrected chi connectivity index (χ4v) is 3.99. The van der Waals surface area contributed by atoms with Crippen LogP contribution in [0.2, 0.25) is 0 Å². The molecule has 4 rings (SSSR count). The highest BCUT2D eigenvalue weighted by molar-refractivity contribution is 7.10. The largest absolute Gasteiger partial charge is 0.335 e. The second-order valence-corrected chi connectivity index (χ2v) is 6.64. The van der Waals surface area contributed by atoms with Crippen molar-refractivity contribution in [3.8, 4) is 0 Å². The summed E-state index contributed by atoms with van der Waals surface area (Å²) < 4.78 is 0. The van der Waals surface area contributed by atoms with Gasteiger partial charge >= 0.3 is 0 Å². The highest BCUT2D eigenvalue weighted by atomic mass is 32.1. The second kappa shape index (κ2) is 3.58. The second-order valence-electron chi connectivity index (χ2n) is 5.64. The number of hydrogen-bond donors (Lipinski definition) is 0. The molecule has 2 saturated carbocycles. The Morgan fingerprint density at radius 1 is 1.29 bits per heavy atom. The quantitative estimate of drug-likeness (QED) is 0.786. The standard InChI is InChI=1S/C14H17NOS/c16-14(10-3-4-10)15-7-5-12-11(6-8-17-12)13(15)9-1-2-9/h6,8-10,13H,1-5,7H2. The lowest BCUT2D eigenvalue weighted by atomic mass is 9.95. The van der Waals surface area contributed by atoms with Gasteiger partial charge in [0, 0.05) is 17.3 Å². The Morgan fingerprint density at radius 3 is 2.82 bits per heavy atom. The van der Waals surface area contributed by atoms with Crippen LogP contribution < -0.4 is 0 Å². The molecule has 3 aliphatic rings. The zero-order chi connectivity index (χ0) is 11.4. The van der Waals surface area contributed by atoms with E-state index in [-0.39, 0.29) is 0 Å². The molecule has 2 aliphatic carbocycles. The molecule has 2 fully saturated rings. The first-order chi connectivity index (χ1) is 8.34. The van der Waals surface area contributed by atoms with Gasteiger partial charge in [0.2, 0.25) is 5.91 Å². The predicted octanol–water partition coefficient (Wildman–Crippen LogP) is 2.99. The molecule has 2 nitrogen and oxygen atoms in total. The number of fused-ring (bicyclic) bond motifs is 1. The summed E-state index contributed by atoms with van der Waals surface area (Å²) in [5.74, 6) is 1.57. The number of nitrogens with zero attached hydrogens (tertiary/aromatic N) is 1. The number of thiophene rings is 1. The lowest BCUT2D eigenvalue weighted by molar-refractivity contribution is -0.136. The van der Waals surface area contributed by atoms with Crippen LogP contribution in [0.3, 0.4) is 0 Å². The molecule has 0 saturated heterocycles. The molecular weight excluding hydrogens is 230 g/mol. The Hall–Kier alpha value is -0.830. The molecular formula is C14H17NOS. The molecule has 0 radical (unpaired) electrons. The van der Waals surface area contributed by atoms with Crippen molar-refractivity contribution < 1.29 is 4.79 Å². The van der Waals surface area contributed by atoms with Gasteiger partial charge < -0.3 is 4.90 Å². The van der Waals surface area contributed by atoms with E-state index in [1.165, 1.54) is 23.3 Å². The molecule has 1 aromatic heterocycles. The maximum Gasteiger partial charge on any atom is 0.226 e. The van der Waals surface area contributed by atoms with Crippen LogP contribution in [0.4, 0.5) is 0 Å². The van der Waals surface area contributed by atoms with E-state index in [4.69, 9.17) is 0 Å². The van der Waals surface area contributed by atoms with Crippen molar-refractivity contribution >= 4 is 17.2 Å². The maximum atomic E-state index is 12.4. The van der Waals surface area contributed by atoms with Gasteiger partial charge in [-0.05, 0) is 55.0 Å². The van der Waals surface area contributed by atoms with Gasteiger partial charge in [-0.2, -0.15) is 0 Å². The highest BCUT2D eigenvalue weighted by Crippen LogP contribution is 2.49.